The van der Waals surface area contributed by atoms with Crippen LogP contribution in [-0.4, -0.2) is 65.7 Å². The molecule has 0 spiro atoms. The number of nitrogens with zero attached hydrogens (tertiary/aromatic N) is 2. The van der Waals surface area contributed by atoms with Crippen LogP contribution >= 0.6 is 0 Å². The highest BCUT2D eigenvalue weighted by molar-refractivity contribution is 5.76. The lowest BCUT2D eigenvalue weighted by atomic mass is 10.1. The molecule has 0 radical (unpaired) electrons. The van der Waals surface area contributed by atoms with Crippen LogP contribution in [0.3, 0.4) is 0 Å². The van der Waals surface area contributed by atoms with E-state index in [1.54, 1.807) is 14.0 Å². The monoisotopic (exact) mass is 269 g/mol. The van der Waals surface area contributed by atoms with E-state index >= 15 is 0 Å². The second kappa shape index (κ2) is 5.77. The summed E-state index contributed by atoms with van der Waals surface area (Å²) in [4.78, 5) is 26.7. The highest BCUT2D eigenvalue weighted by atomic mass is 16.4. The molecule has 2 fully saturated rings. The first-order valence-corrected chi connectivity index (χ1v) is 6.97. The van der Waals surface area contributed by atoms with Gasteiger partial charge in [0.25, 0.3) is 0 Å². The van der Waals surface area contributed by atoms with Crippen LogP contribution in [0, 0.1) is 5.92 Å². The number of urea groups is 1. The lowest BCUT2D eigenvalue weighted by Gasteiger charge is -2.25. The van der Waals surface area contributed by atoms with Crippen LogP contribution in [0.2, 0.25) is 0 Å². The van der Waals surface area contributed by atoms with Gasteiger partial charge in [-0.05, 0) is 25.8 Å². The Morgan fingerprint density at radius 1 is 1.42 bits per heavy atom. The van der Waals surface area contributed by atoms with E-state index in [9.17, 15) is 9.59 Å². The van der Waals surface area contributed by atoms with Gasteiger partial charge in [-0.25, -0.2) is 4.79 Å². The Hall–Kier alpha value is -1.30. The second-order valence-electron chi connectivity index (χ2n) is 5.71. The molecule has 2 aliphatic heterocycles. The van der Waals surface area contributed by atoms with Crippen molar-refractivity contribution in [2.24, 2.45) is 5.92 Å². The summed E-state index contributed by atoms with van der Waals surface area (Å²) in [6.07, 6.45) is 3.36. The molecule has 0 aromatic carbocycles. The number of nitrogens with one attached hydrogen (secondary N) is 1. The summed E-state index contributed by atoms with van der Waals surface area (Å²) in [6, 6.07) is 0.540. The molecule has 0 aromatic heterocycles. The lowest BCUT2D eigenvalue weighted by Crippen LogP contribution is -2.48. The Balaban J connectivity index is 1.82. The molecule has 0 saturated carbocycles. The highest BCUT2D eigenvalue weighted by Crippen LogP contribution is 2.27. The van der Waals surface area contributed by atoms with E-state index in [-0.39, 0.29) is 18.6 Å². The average Bonchev–Trinajstić information content (AvgIpc) is 2.93. The standard InChI is InChI=1S/C13H23N3O3/c1-9(12(17)18)8-15(2)13(19)14-10-5-7-16-6-3-4-11(10)16/h9-11H,3-8H2,1-2H3,(H,14,19)(H,17,18). The van der Waals surface area contributed by atoms with Crippen molar-refractivity contribution < 1.29 is 14.7 Å². The van der Waals surface area contributed by atoms with Gasteiger partial charge in [0, 0.05) is 32.2 Å². The third-order valence-corrected chi connectivity index (χ3v) is 4.23. The Labute approximate surface area is 113 Å². The number of rotatable bonds is 4. The lowest BCUT2D eigenvalue weighted by molar-refractivity contribution is -0.141. The number of hydrogen-bond donors (Lipinski definition) is 2. The normalized spacial score (nSPS) is 27.9. The van der Waals surface area contributed by atoms with Gasteiger partial charge in [-0.3, -0.25) is 9.69 Å². The smallest absolute Gasteiger partial charge is 0.317 e. The first-order chi connectivity index (χ1) is 8.99. The van der Waals surface area contributed by atoms with Crippen LogP contribution in [0.4, 0.5) is 4.79 Å². The number of amides is 2. The molecule has 0 aromatic rings. The number of carbonyl (C=O) groups excluding carboxylic acids is 1. The SMILES string of the molecule is CC(CN(C)C(=O)NC1CCN2CCCC12)C(=O)O. The molecule has 2 rings (SSSR count). The van der Waals surface area contributed by atoms with Crippen molar-refractivity contribution in [2.45, 2.75) is 38.3 Å². The Bertz CT molecular complexity index is 361. The maximum Gasteiger partial charge on any atom is 0.317 e. The number of aliphatic carboxylic acids is 1. The molecule has 0 aliphatic carbocycles. The fourth-order valence-electron chi connectivity index (χ4n) is 3.09. The number of carboxylic acid groups (broad SMARTS) is 1. The Kier molecular flexibility index (Phi) is 4.29. The maximum absolute atomic E-state index is 12.0. The first-order valence-electron chi connectivity index (χ1n) is 6.97. The van der Waals surface area contributed by atoms with Gasteiger partial charge in [-0.2, -0.15) is 0 Å². The molecule has 6 heteroatoms. The summed E-state index contributed by atoms with van der Waals surface area (Å²) in [5.74, 6) is -1.41. The molecule has 2 aliphatic rings. The number of hydrogen-bond acceptors (Lipinski definition) is 3. The van der Waals surface area contributed by atoms with Crippen LogP contribution in [0.1, 0.15) is 26.2 Å². The molecule has 19 heavy (non-hydrogen) atoms. The molecular weight excluding hydrogens is 246 g/mol. The fourth-order valence-corrected chi connectivity index (χ4v) is 3.09. The summed E-state index contributed by atoms with van der Waals surface area (Å²) in [6.45, 7) is 4.05. The van der Waals surface area contributed by atoms with Crippen molar-refractivity contribution in [3.8, 4) is 0 Å². The van der Waals surface area contributed by atoms with Crippen molar-refractivity contribution in [1.29, 1.82) is 0 Å². The van der Waals surface area contributed by atoms with E-state index in [1.165, 1.54) is 11.3 Å². The largest absolute Gasteiger partial charge is 0.481 e. The van der Waals surface area contributed by atoms with Crippen LogP contribution in [0.25, 0.3) is 0 Å². The predicted molar refractivity (Wildman–Crippen MR) is 71.0 cm³/mol. The van der Waals surface area contributed by atoms with Crippen LogP contribution in [0.15, 0.2) is 0 Å². The molecule has 6 nitrogen and oxygen atoms in total. The van der Waals surface area contributed by atoms with Gasteiger partial charge in [0.1, 0.15) is 0 Å². The molecule has 3 unspecified atom stereocenters. The third-order valence-electron chi connectivity index (χ3n) is 4.23. The van der Waals surface area contributed by atoms with Crippen molar-refractivity contribution in [3.63, 3.8) is 0 Å². The van der Waals surface area contributed by atoms with E-state index in [4.69, 9.17) is 5.11 Å². The van der Waals surface area contributed by atoms with Gasteiger partial charge in [0.15, 0.2) is 0 Å². The third kappa shape index (κ3) is 3.18. The summed E-state index contributed by atoms with van der Waals surface area (Å²) >= 11 is 0. The zero-order valence-electron chi connectivity index (χ0n) is 11.6. The Morgan fingerprint density at radius 3 is 2.84 bits per heavy atom. The van der Waals surface area contributed by atoms with Gasteiger partial charge in [-0.15, -0.1) is 0 Å². The zero-order valence-corrected chi connectivity index (χ0v) is 11.6. The quantitative estimate of drug-likeness (QED) is 0.783. The van der Waals surface area contributed by atoms with Gasteiger partial charge in [0.05, 0.1) is 5.92 Å². The van der Waals surface area contributed by atoms with Crippen molar-refractivity contribution in [1.82, 2.24) is 15.1 Å². The highest BCUT2D eigenvalue weighted by Gasteiger charge is 2.38. The topological polar surface area (TPSA) is 72.9 Å². The van der Waals surface area contributed by atoms with Gasteiger partial charge < -0.3 is 15.3 Å². The minimum Gasteiger partial charge on any atom is -0.481 e. The fraction of sp³-hybridized carbons (Fsp3) is 0.846. The first kappa shape index (κ1) is 14.1. The number of carboxylic acids is 1. The summed E-state index contributed by atoms with van der Waals surface area (Å²) in [7, 11) is 1.65. The number of fused-ring (bicyclic) bond motifs is 1. The maximum atomic E-state index is 12.0. The molecule has 2 heterocycles. The van der Waals surface area contributed by atoms with Crippen molar-refractivity contribution in [3.05, 3.63) is 0 Å². The van der Waals surface area contributed by atoms with E-state index < -0.39 is 11.9 Å². The van der Waals surface area contributed by atoms with Gasteiger partial charge >= 0.3 is 12.0 Å². The predicted octanol–water partition coefficient (Wildman–Crippen LogP) is 0.585. The van der Waals surface area contributed by atoms with E-state index in [1.807, 2.05) is 0 Å². The average molecular weight is 269 g/mol. The summed E-state index contributed by atoms with van der Waals surface area (Å²) in [5, 5.41) is 11.9. The van der Waals surface area contributed by atoms with Crippen molar-refractivity contribution in [2.75, 3.05) is 26.7 Å². The molecule has 108 valence electrons. The van der Waals surface area contributed by atoms with E-state index in [2.05, 4.69) is 10.2 Å². The van der Waals surface area contributed by atoms with Gasteiger partial charge in [0.2, 0.25) is 0 Å². The molecular formula is C13H23N3O3. The van der Waals surface area contributed by atoms with Gasteiger partial charge in [-0.1, -0.05) is 6.92 Å². The minimum absolute atomic E-state index is 0.160. The Morgan fingerprint density at radius 2 is 2.16 bits per heavy atom. The molecule has 3 atom stereocenters. The minimum atomic E-state index is -0.873. The van der Waals surface area contributed by atoms with Crippen LogP contribution in [-0.2, 0) is 4.79 Å². The van der Waals surface area contributed by atoms with Crippen LogP contribution in [0.5, 0.6) is 0 Å². The number of carbonyl (C=O) groups is 2. The molecule has 2 saturated heterocycles. The summed E-state index contributed by atoms with van der Waals surface area (Å²) < 4.78 is 0. The zero-order chi connectivity index (χ0) is 14.0. The van der Waals surface area contributed by atoms with Crippen LogP contribution < -0.4 is 5.32 Å². The molecule has 2 amide bonds. The molecule has 2 N–H and O–H groups in total. The van der Waals surface area contributed by atoms with E-state index in [0.717, 1.165) is 25.9 Å². The van der Waals surface area contributed by atoms with E-state index in [0.29, 0.717) is 6.04 Å². The molecule has 0 bridgehead atoms. The summed E-state index contributed by atoms with van der Waals surface area (Å²) in [5.41, 5.74) is 0. The second-order valence-corrected chi connectivity index (χ2v) is 5.71. The van der Waals surface area contributed by atoms with Crippen molar-refractivity contribution >= 4 is 12.0 Å².